The predicted octanol–water partition coefficient (Wildman–Crippen LogP) is 1.42. The molecule has 1 heterocycles. The van der Waals surface area contributed by atoms with Crippen LogP contribution in [0, 0.1) is 0 Å². The Morgan fingerprint density at radius 2 is 1.95 bits per heavy atom. The second-order valence-electron chi connectivity index (χ2n) is 5.96. The van der Waals surface area contributed by atoms with Crippen molar-refractivity contribution >= 4 is 11.9 Å². The van der Waals surface area contributed by atoms with Crippen molar-refractivity contribution in [2.24, 2.45) is 0 Å². The highest BCUT2D eigenvalue weighted by Gasteiger charge is 2.36. The van der Waals surface area contributed by atoms with Crippen LogP contribution in [0.2, 0.25) is 0 Å². The fraction of sp³-hybridized carbons (Fsp3) is 0.857. The fourth-order valence-electron chi connectivity index (χ4n) is 3.37. The van der Waals surface area contributed by atoms with Crippen molar-refractivity contribution in [3.05, 3.63) is 0 Å². The Labute approximate surface area is 114 Å². The molecule has 2 rings (SSSR count). The van der Waals surface area contributed by atoms with Crippen molar-refractivity contribution in [1.29, 1.82) is 0 Å². The lowest BCUT2D eigenvalue weighted by Crippen LogP contribution is -2.52. The molecular weight excluding hydrogens is 244 g/mol. The molecule has 0 aromatic rings. The number of carboxylic acid groups (broad SMARTS) is 1. The minimum Gasteiger partial charge on any atom is -0.481 e. The second kappa shape index (κ2) is 6.37. The molecule has 19 heavy (non-hydrogen) atoms. The minimum atomic E-state index is -0.818. The van der Waals surface area contributed by atoms with Crippen molar-refractivity contribution in [3.63, 3.8) is 0 Å². The maximum Gasteiger partial charge on any atom is 0.305 e. The van der Waals surface area contributed by atoms with Crippen molar-refractivity contribution < 1.29 is 14.7 Å². The van der Waals surface area contributed by atoms with Gasteiger partial charge in [-0.3, -0.25) is 9.59 Å². The maximum atomic E-state index is 12.1. The van der Waals surface area contributed by atoms with Crippen LogP contribution in [-0.4, -0.2) is 35.1 Å². The van der Waals surface area contributed by atoms with E-state index >= 15 is 0 Å². The van der Waals surface area contributed by atoms with Gasteiger partial charge in [0.1, 0.15) is 0 Å². The third-order valence-electron chi connectivity index (χ3n) is 4.30. The summed E-state index contributed by atoms with van der Waals surface area (Å²) in [6.45, 7) is 0.984. The van der Waals surface area contributed by atoms with Gasteiger partial charge in [-0.05, 0) is 32.2 Å². The van der Waals surface area contributed by atoms with Crippen LogP contribution in [0.4, 0.5) is 0 Å². The molecule has 2 fully saturated rings. The Morgan fingerprint density at radius 3 is 2.53 bits per heavy atom. The molecule has 1 unspecified atom stereocenters. The molecule has 5 nitrogen and oxygen atoms in total. The summed E-state index contributed by atoms with van der Waals surface area (Å²) >= 11 is 0. The van der Waals surface area contributed by atoms with Crippen LogP contribution in [0.5, 0.6) is 0 Å². The van der Waals surface area contributed by atoms with E-state index in [1.54, 1.807) is 0 Å². The highest BCUT2D eigenvalue weighted by molar-refractivity contribution is 5.79. The first-order chi connectivity index (χ1) is 9.10. The predicted molar refractivity (Wildman–Crippen MR) is 71.9 cm³/mol. The minimum absolute atomic E-state index is 0.00236. The van der Waals surface area contributed by atoms with Crippen LogP contribution >= 0.6 is 0 Å². The van der Waals surface area contributed by atoms with E-state index in [9.17, 15) is 9.59 Å². The van der Waals surface area contributed by atoms with E-state index < -0.39 is 11.5 Å². The first-order valence-corrected chi connectivity index (χ1v) is 7.36. The molecule has 1 atom stereocenters. The number of rotatable bonds is 5. The van der Waals surface area contributed by atoms with E-state index in [2.05, 4.69) is 10.6 Å². The molecule has 0 aromatic carbocycles. The summed E-state index contributed by atoms with van der Waals surface area (Å²) < 4.78 is 0. The quantitative estimate of drug-likeness (QED) is 0.704. The molecule has 1 saturated carbocycles. The monoisotopic (exact) mass is 268 g/mol. The van der Waals surface area contributed by atoms with Crippen LogP contribution in [0.25, 0.3) is 0 Å². The van der Waals surface area contributed by atoms with Gasteiger partial charge in [0.05, 0.1) is 12.0 Å². The number of amides is 1. The Morgan fingerprint density at radius 1 is 1.21 bits per heavy atom. The van der Waals surface area contributed by atoms with Crippen molar-refractivity contribution in [3.8, 4) is 0 Å². The first-order valence-electron chi connectivity index (χ1n) is 7.36. The topological polar surface area (TPSA) is 78.4 Å². The van der Waals surface area contributed by atoms with E-state index in [4.69, 9.17) is 5.11 Å². The van der Waals surface area contributed by atoms with Gasteiger partial charge < -0.3 is 15.7 Å². The van der Waals surface area contributed by atoms with Crippen molar-refractivity contribution in [2.45, 2.75) is 69.4 Å². The van der Waals surface area contributed by atoms with Gasteiger partial charge in [-0.25, -0.2) is 0 Å². The molecule has 0 aromatic heterocycles. The standard InChI is InChI=1S/C14H24N2O3/c17-12(9-11-5-4-8-15-11)16-14(10-13(18)19)6-2-1-3-7-14/h11,15H,1-10H2,(H,16,17)(H,18,19). The summed E-state index contributed by atoms with van der Waals surface area (Å²) in [7, 11) is 0. The third-order valence-corrected chi connectivity index (χ3v) is 4.30. The molecule has 5 heteroatoms. The van der Waals surface area contributed by atoms with Gasteiger partial charge in [0, 0.05) is 12.5 Å². The van der Waals surface area contributed by atoms with E-state index in [-0.39, 0.29) is 18.4 Å². The average molecular weight is 268 g/mol. The lowest BCUT2D eigenvalue weighted by molar-refractivity contribution is -0.139. The molecule has 0 radical (unpaired) electrons. The van der Waals surface area contributed by atoms with Gasteiger partial charge in [-0.2, -0.15) is 0 Å². The smallest absolute Gasteiger partial charge is 0.305 e. The molecule has 0 bridgehead atoms. The third kappa shape index (κ3) is 4.20. The Bertz CT molecular complexity index is 332. The van der Waals surface area contributed by atoms with E-state index in [1.165, 1.54) is 0 Å². The fourth-order valence-corrected chi connectivity index (χ4v) is 3.37. The number of carboxylic acids is 1. The molecular formula is C14H24N2O3. The molecule has 3 N–H and O–H groups in total. The maximum absolute atomic E-state index is 12.1. The Hall–Kier alpha value is -1.10. The number of carbonyl (C=O) groups is 2. The summed E-state index contributed by atoms with van der Waals surface area (Å²) in [5, 5.41) is 15.4. The number of carbonyl (C=O) groups excluding carboxylic acids is 1. The number of hydrogen-bond acceptors (Lipinski definition) is 3. The van der Waals surface area contributed by atoms with Crippen molar-refractivity contribution in [1.82, 2.24) is 10.6 Å². The van der Waals surface area contributed by atoms with Gasteiger partial charge in [0.2, 0.25) is 5.91 Å². The van der Waals surface area contributed by atoms with Crippen LogP contribution in [0.3, 0.4) is 0 Å². The van der Waals surface area contributed by atoms with E-state index in [0.29, 0.717) is 6.42 Å². The van der Waals surface area contributed by atoms with Crippen LogP contribution < -0.4 is 10.6 Å². The number of hydrogen-bond donors (Lipinski definition) is 3. The normalized spacial score (nSPS) is 26.0. The van der Waals surface area contributed by atoms with Crippen LogP contribution in [0.1, 0.15) is 57.8 Å². The van der Waals surface area contributed by atoms with Crippen LogP contribution in [0.15, 0.2) is 0 Å². The lowest BCUT2D eigenvalue weighted by Gasteiger charge is -2.37. The summed E-state index contributed by atoms with van der Waals surface area (Å²) in [6.07, 6.45) is 7.44. The zero-order valence-corrected chi connectivity index (χ0v) is 11.4. The largest absolute Gasteiger partial charge is 0.481 e. The van der Waals surface area contributed by atoms with Gasteiger partial charge in [-0.1, -0.05) is 19.3 Å². The summed E-state index contributed by atoms with van der Waals surface area (Å²) in [4.78, 5) is 23.1. The summed E-state index contributed by atoms with van der Waals surface area (Å²) in [6, 6.07) is 0.269. The molecule has 0 spiro atoms. The van der Waals surface area contributed by atoms with Crippen molar-refractivity contribution in [2.75, 3.05) is 6.54 Å². The SMILES string of the molecule is O=C(O)CC1(NC(=O)CC2CCCN2)CCCCC1. The molecule has 2 aliphatic rings. The van der Waals surface area contributed by atoms with Crippen LogP contribution in [-0.2, 0) is 9.59 Å². The zero-order chi connectivity index (χ0) is 13.7. The van der Waals surface area contributed by atoms with Gasteiger partial charge in [-0.15, -0.1) is 0 Å². The first kappa shape index (κ1) is 14.3. The summed E-state index contributed by atoms with van der Waals surface area (Å²) in [5.74, 6) is -0.816. The van der Waals surface area contributed by atoms with E-state index in [1.807, 2.05) is 0 Å². The molecule has 1 aliphatic heterocycles. The van der Waals surface area contributed by atoms with E-state index in [0.717, 1.165) is 51.5 Å². The second-order valence-corrected chi connectivity index (χ2v) is 5.96. The Balaban J connectivity index is 1.90. The highest BCUT2D eigenvalue weighted by Crippen LogP contribution is 2.31. The zero-order valence-electron chi connectivity index (χ0n) is 11.4. The molecule has 108 valence electrons. The van der Waals surface area contributed by atoms with Gasteiger partial charge in [0.15, 0.2) is 0 Å². The Kier molecular flexibility index (Phi) is 4.80. The summed E-state index contributed by atoms with van der Waals surface area (Å²) in [5.41, 5.74) is -0.500. The molecule has 1 amide bonds. The van der Waals surface area contributed by atoms with Gasteiger partial charge >= 0.3 is 5.97 Å². The molecule has 1 aliphatic carbocycles. The average Bonchev–Trinajstić information content (AvgIpc) is 2.81. The highest BCUT2D eigenvalue weighted by atomic mass is 16.4. The molecule has 1 saturated heterocycles. The number of aliphatic carboxylic acids is 1. The van der Waals surface area contributed by atoms with Gasteiger partial charge in [0.25, 0.3) is 0 Å². The lowest BCUT2D eigenvalue weighted by atomic mass is 9.79. The number of nitrogens with one attached hydrogen (secondary N) is 2.